The van der Waals surface area contributed by atoms with Gasteiger partial charge in [0.1, 0.15) is 12.4 Å². The van der Waals surface area contributed by atoms with E-state index in [-0.39, 0.29) is 0 Å². The highest BCUT2D eigenvalue weighted by Crippen LogP contribution is 2.15. The predicted molar refractivity (Wildman–Crippen MR) is 83.6 cm³/mol. The summed E-state index contributed by atoms with van der Waals surface area (Å²) in [6, 6.07) is 13.8. The van der Waals surface area contributed by atoms with Gasteiger partial charge in [-0.25, -0.2) is 4.98 Å². The molecule has 1 aromatic heterocycles. The van der Waals surface area contributed by atoms with E-state index >= 15 is 0 Å². The predicted octanol–water partition coefficient (Wildman–Crippen LogP) is 3.17. The number of benzene rings is 1. The quantitative estimate of drug-likeness (QED) is 0.757. The minimum atomic E-state index is 0.434. The molecular formula is C17H22N2O2. The van der Waals surface area contributed by atoms with E-state index in [0.29, 0.717) is 12.5 Å². The molecule has 112 valence electrons. The molecule has 1 heterocycles. The van der Waals surface area contributed by atoms with Gasteiger partial charge in [0.05, 0.1) is 12.8 Å². The van der Waals surface area contributed by atoms with Gasteiger partial charge in [-0.1, -0.05) is 25.1 Å². The molecule has 2 aromatic rings. The second-order valence-electron chi connectivity index (χ2n) is 4.78. The van der Waals surface area contributed by atoms with Crippen molar-refractivity contribution in [1.29, 1.82) is 0 Å². The van der Waals surface area contributed by atoms with Gasteiger partial charge in [0.2, 0.25) is 5.88 Å². The van der Waals surface area contributed by atoms with Crippen molar-refractivity contribution in [3.8, 4) is 11.6 Å². The minimum absolute atomic E-state index is 0.434. The van der Waals surface area contributed by atoms with E-state index in [1.54, 1.807) is 7.11 Å². The van der Waals surface area contributed by atoms with Crippen LogP contribution in [0.4, 0.5) is 0 Å². The summed E-state index contributed by atoms with van der Waals surface area (Å²) in [5, 5.41) is 3.38. The zero-order chi connectivity index (χ0) is 14.9. The Morgan fingerprint density at radius 3 is 2.81 bits per heavy atom. The molecule has 1 N–H and O–H groups in total. The van der Waals surface area contributed by atoms with Gasteiger partial charge in [-0.05, 0) is 36.7 Å². The number of ether oxygens (including phenoxy) is 2. The van der Waals surface area contributed by atoms with Crippen LogP contribution >= 0.6 is 0 Å². The van der Waals surface area contributed by atoms with Gasteiger partial charge < -0.3 is 14.8 Å². The van der Waals surface area contributed by atoms with Crippen molar-refractivity contribution >= 4 is 0 Å². The fourth-order valence-electron chi connectivity index (χ4n) is 1.96. The van der Waals surface area contributed by atoms with Crippen molar-refractivity contribution in [2.24, 2.45) is 0 Å². The van der Waals surface area contributed by atoms with Crippen LogP contribution in [0.2, 0.25) is 0 Å². The molecule has 0 radical (unpaired) electrons. The highest BCUT2D eigenvalue weighted by Gasteiger charge is 2.01. The number of nitrogens with one attached hydrogen (secondary N) is 1. The summed E-state index contributed by atoms with van der Waals surface area (Å²) in [4.78, 5) is 4.33. The minimum Gasteiger partial charge on any atom is -0.487 e. The number of hydrogen-bond acceptors (Lipinski definition) is 4. The van der Waals surface area contributed by atoms with Crippen molar-refractivity contribution in [2.45, 2.75) is 26.5 Å². The van der Waals surface area contributed by atoms with Crippen molar-refractivity contribution in [3.63, 3.8) is 0 Å². The summed E-state index contributed by atoms with van der Waals surface area (Å²) in [5.74, 6) is 1.46. The number of aromatic nitrogens is 1. The highest BCUT2D eigenvalue weighted by atomic mass is 16.5. The van der Waals surface area contributed by atoms with Gasteiger partial charge in [0, 0.05) is 12.6 Å². The molecule has 0 spiro atoms. The third-order valence-corrected chi connectivity index (χ3v) is 3.03. The first kappa shape index (κ1) is 15.3. The molecule has 0 atom stereocenters. The van der Waals surface area contributed by atoms with Gasteiger partial charge in [-0.2, -0.15) is 0 Å². The lowest BCUT2D eigenvalue weighted by molar-refractivity contribution is 0.297. The smallest absolute Gasteiger partial charge is 0.213 e. The zero-order valence-electron chi connectivity index (χ0n) is 12.6. The van der Waals surface area contributed by atoms with E-state index in [2.05, 4.69) is 29.4 Å². The molecule has 0 saturated carbocycles. The fourth-order valence-corrected chi connectivity index (χ4v) is 1.96. The first-order chi connectivity index (χ1) is 10.3. The average Bonchev–Trinajstić information content (AvgIpc) is 2.54. The first-order valence-electron chi connectivity index (χ1n) is 7.24. The Bertz CT molecular complexity index is 558. The Morgan fingerprint density at radius 2 is 2.00 bits per heavy atom. The molecule has 4 nitrogen and oxygen atoms in total. The normalized spacial score (nSPS) is 10.4. The SMILES string of the molecule is CCCNCc1cccc(OCc2cccc(OC)n2)c1. The van der Waals surface area contributed by atoms with Crippen LogP contribution in [0, 0.1) is 0 Å². The maximum absolute atomic E-state index is 5.79. The zero-order valence-corrected chi connectivity index (χ0v) is 12.6. The summed E-state index contributed by atoms with van der Waals surface area (Å²) in [6.07, 6.45) is 1.14. The first-order valence-corrected chi connectivity index (χ1v) is 7.24. The van der Waals surface area contributed by atoms with Gasteiger partial charge in [-0.3, -0.25) is 0 Å². The second kappa shape index (κ2) is 8.27. The molecule has 4 heteroatoms. The summed E-state index contributed by atoms with van der Waals surface area (Å²) < 4.78 is 10.9. The number of nitrogens with zero attached hydrogens (tertiary/aromatic N) is 1. The Balaban J connectivity index is 1.91. The number of rotatable bonds is 8. The Labute approximate surface area is 126 Å². The highest BCUT2D eigenvalue weighted by molar-refractivity contribution is 5.28. The summed E-state index contributed by atoms with van der Waals surface area (Å²) in [7, 11) is 1.61. The summed E-state index contributed by atoms with van der Waals surface area (Å²) in [6.45, 7) is 4.48. The van der Waals surface area contributed by atoms with Crippen LogP contribution in [0.1, 0.15) is 24.6 Å². The fraction of sp³-hybridized carbons (Fsp3) is 0.353. The maximum Gasteiger partial charge on any atom is 0.213 e. The molecule has 0 saturated heterocycles. The monoisotopic (exact) mass is 286 g/mol. The van der Waals surface area contributed by atoms with Crippen LogP contribution in [0.5, 0.6) is 11.6 Å². The van der Waals surface area contributed by atoms with Crippen LogP contribution in [0.25, 0.3) is 0 Å². The van der Waals surface area contributed by atoms with Crippen molar-refractivity contribution in [1.82, 2.24) is 10.3 Å². The summed E-state index contributed by atoms with van der Waals surface area (Å²) >= 11 is 0. The van der Waals surface area contributed by atoms with Crippen LogP contribution in [0.3, 0.4) is 0 Å². The lowest BCUT2D eigenvalue weighted by Crippen LogP contribution is -2.13. The largest absolute Gasteiger partial charge is 0.487 e. The van der Waals surface area contributed by atoms with Crippen molar-refractivity contribution in [2.75, 3.05) is 13.7 Å². The van der Waals surface area contributed by atoms with Crippen LogP contribution < -0.4 is 14.8 Å². The number of methoxy groups -OCH3 is 1. The molecule has 0 amide bonds. The van der Waals surface area contributed by atoms with E-state index in [1.807, 2.05) is 30.3 Å². The third-order valence-electron chi connectivity index (χ3n) is 3.03. The van der Waals surface area contributed by atoms with Crippen LogP contribution in [-0.2, 0) is 13.2 Å². The molecule has 0 aliphatic heterocycles. The number of hydrogen-bond donors (Lipinski definition) is 1. The van der Waals surface area contributed by atoms with Crippen molar-refractivity contribution < 1.29 is 9.47 Å². The molecule has 0 aliphatic rings. The molecular weight excluding hydrogens is 264 g/mol. The summed E-state index contributed by atoms with van der Waals surface area (Å²) in [5.41, 5.74) is 2.07. The van der Waals surface area contributed by atoms with E-state index in [9.17, 15) is 0 Å². The molecule has 0 aliphatic carbocycles. The Hall–Kier alpha value is -2.07. The van der Waals surface area contributed by atoms with E-state index in [4.69, 9.17) is 9.47 Å². The molecule has 21 heavy (non-hydrogen) atoms. The van der Waals surface area contributed by atoms with Crippen LogP contribution in [0.15, 0.2) is 42.5 Å². The van der Waals surface area contributed by atoms with Crippen LogP contribution in [-0.4, -0.2) is 18.6 Å². The number of pyridine rings is 1. The standard InChI is InChI=1S/C17H22N2O2/c1-3-10-18-12-14-6-4-8-16(11-14)21-13-15-7-5-9-17(19-15)20-2/h4-9,11,18H,3,10,12-13H2,1-2H3. The average molecular weight is 286 g/mol. The lowest BCUT2D eigenvalue weighted by atomic mass is 10.2. The second-order valence-corrected chi connectivity index (χ2v) is 4.78. The molecule has 1 aromatic carbocycles. The topological polar surface area (TPSA) is 43.4 Å². The lowest BCUT2D eigenvalue weighted by Gasteiger charge is -2.09. The van der Waals surface area contributed by atoms with Crippen molar-refractivity contribution in [3.05, 3.63) is 53.7 Å². The molecule has 0 unspecified atom stereocenters. The third kappa shape index (κ3) is 5.08. The maximum atomic E-state index is 5.79. The van der Waals surface area contributed by atoms with Gasteiger partial charge >= 0.3 is 0 Å². The van der Waals surface area contributed by atoms with Gasteiger partial charge in [0.25, 0.3) is 0 Å². The van der Waals surface area contributed by atoms with Gasteiger partial charge in [-0.15, -0.1) is 0 Å². The molecule has 0 fully saturated rings. The Kier molecular flexibility index (Phi) is 6.03. The van der Waals surface area contributed by atoms with E-state index < -0.39 is 0 Å². The van der Waals surface area contributed by atoms with E-state index in [0.717, 1.165) is 31.0 Å². The van der Waals surface area contributed by atoms with E-state index in [1.165, 1.54) is 5.56 Å². The molecule has 0 bridgehead atoms. The Morgan fingerprint density at radius 1 is 1.14 bits per heavy atom. The van der Waals surface area contributed by atoms with Gasteiger partial charge in [0.15, 0.2) is 0 Å². The molecule has 2 rings (SSSR count).